The second-order valence-electron chi connectivity index (χ2n) is 5.65. The molecule has 1 aliphatic rings. The molecule has 0 aromatic heterocycles. The second-order valence-corrected chi connectivity index (χ2v) is 6.50. The summed E-state index contributed by atoms with van der Waals surface area (Å²) in [6.45, 7) is 7.68. The van der Waals surface area contributed by atoms with Crippen molar-refractivity contribution < 1.29 is 14.7 Å². The van der Waals surface area contributed by atoms with Crippen LogP contribution in [0.4, 0.5) is 0 Å². The SMILES string of the molecule is C=CCC(CC=C)C(=O)N1Cc2cccc(Br)c2CC1C(=O)O. The molecule has 1 unspecified atom stereocenters. The topological polar surface area (TPSA) is 57.6 Å². The number of carbonyl (C=O) groups is 2. The minimum absolute atomic E-state index is 0.150. The summed E-state index contributed by atoms with van der Waals surface area (Å²) in [4.78, 5) is 26.0. The lowest BCUT2D eigenvalue weighted by molar-refractivity contribution is -0.153. The summed E-state index contributed by atoms with van der Waals surface area (Å²) in [7, 11) is 0. The van der Waals surface area contributed by atoms with Gasteiger partial charge < -0.3 is 10.0 Å². The predicted octanol–water partition coefficient (Wildman–Crippen LogP) is 3.56. The van der Waals surface area contributed by atoms with Gasteiger partial charge in [-0.05, 0) is 30.0 Å². The molecule has 1 atom stereocenters. The number of halogens is 1. The van der Waals surface area contributed by atoms with Crippen LogP contribution in [0.5, 0.6) is 0 Å². The average Bonchev–Trinajstić information content (AvgIpc) is 2.53. The van der Waals surface area contributed by atoms with Crippen LogP contribution in [0, 0.1) is 5.92 Å². The highest BCUT2D eigenvalue weighted by Crippen LogP contribution is 2.31. The van der Waals surface area contributed by atoms with Crippen molar-refractivity contribution in [3.63, 3.8) is 0 Å². The van der Waals surface area contributed by atoms with Crippen LogP contribution in [0.2, 0.25) is 0 Å². The third-order valence-electron chi connectivity index (χ3n) is 4.15. The Morgan fingerprint density at radius 3 is 2.57 bits per heavy atom. The summed E-state index contributed by atoms with van der Waals surface area (Å²) in [6, 6.07) is 4.89. The van der Waals surface area contributed by atoms with Crippen LogP contribution in [0.3, 0.4) is 0 Å². The standard InChI is InChI=1S/C18H20BrNO3/c1-3-6-12(7-4-2)17(21)20-11-13-8-5-9-15(19)14(13)10-16(20)18(22)23/h3-5,8-9,12,16H,1-2,6-7,10-11H2,(H,22,23). The maximum absolute atomic E-state index is 12.8. The van der Waals surface area contributed by atoms with Gasteiger partial charge >= 0.3 is 5.97 Å². The third-order valence-corrected chi connectivity index (χ3v) is 4.89. The number of carboxylic acid groups (broad SMARTS) is 1. The lowest BCUT2D eigenvalue weighted by atomic mass is 9.91. The molecule has 0 saturated carbocycles. The van der Waals surface area contributed by atoms with Crippen LogP contribution in [0.15, 0.2) is 48.0 Å². The van der Waals surface area contributed by atoms with Gasteiger partial charge in [0, 0.05) is 23.4 Å². The first-order valence-corrected chi connectivity index (χ1v) is 8.30. The molecule has 0 bridgehead atoms. The zero-order valence-electron chi connectivity index (χ0n) is 12.9. The van der Waals surface area contributed by atoms with E-state index in [0.29, 0.717) is 25.8 Å². The van der Waals surface area contributed by atoms with Crippen molar-refractivity contribution in [2.24, 2.45) is 5.92 Å². The molecule has 23 heavy (non-hydrogen) atoms. The van der Waals surface area contributed by atoms with E-state index in [1.807, 2.05) is 18.2 Å². The Morgan fingerprint density at radius 2 is 2.00 bits per heavy atom. The Balaban J connectivity index is 2.35. The molecular weight excluding hydrogens is 358 g/mol. The van der Waals surface area contributed by atoms with Gasteiger partial charge in [-0.3, -0.25) is 4.79 Å². The van der Waals surface area contributed by atoms with Gasteiger partial charge in [0.15, 0.2) is 0 Å². The van der Waals surface area contributed by atoms with Crippen LogP contribution in [-0.4, -0.2) is 27.9 Å². The largest absolute Gasteiger partial charge is 0.480 e. The monoisotopic (exact) mass is 377 g/mol. The van der Waals surface area contributed by atoms with E-state index in [9.17, 15) is 14.7 Å². The number of hydrogen-bond donors (Lipinski definition) is 1. The smallest absolute Gasteiger partial charge is 0.326 e. The fraction of sp³-hybridized carbons (Fsp3) is 0.333. The lowest BCUT2D eigenvalue weighted by Gasteiger charge is -2.36. The first-order chi connectivity index (χ1) is 11.0. The predicted molar refractivity (Wildman–Crippen MR) is 92.9 cm³/mol. The molecule has 1 heterocycles. The summed E-state index contributed by atoms with van der Waals surface area (Å²) in [6.07, 6.45) is 4.72. The van der Waals surface area contributed by atoms with Gasteiger partial charge in [-0.1, -0.05) is 40.2 Å². The summed E-state index contributed by atoms with van der Waals surface area (Å²) >= 11 is 3.47. The Labute approximate surface area is 144 Å². The average molecular weight is 378 g/mol. The molecule has 0 saturated heterocycles. The number of allylic oxidation sites excluding steroid dienone is 2. The number of aliphatic carboxylic acids is 1. The molecule has 5 heteroatoms. The molecule has 1 aromatic carbocycles. The van der Waals surface area contributed by atoms with Gasteiger partial charge in [0.2, 0.25) is 5.91 Å². The molecule has 4 nitrogen and oxygen atoms in total. The minimum Gasteiger partial charge on any atom is -0.480 e. The molecule has 1 aliphatic heterocycles. The van der Waals surface area contributed by atoms with Crippen molar-refractivity contribution in [1.82, 2.24) is 4.90 Å². The van der Waals surface area contributed by atoms with Crippen molar-refractivity contribution in [3.05, 3.63) is 59.1 Å². The molecule has 1 N–H and O–H groups in total. The number of carbonyl (C=O) groups excluding carboxylic acids is 1. The maximum Gasteiger partial charge on any atom is 0.326 e. The maximum atomic E-state index is 12.8. The molecule has 0 aliphatic carbocycles. The van der Waals surface area contributed by atoms with Gasteiger partial charge in [-0.25, -0.2) is 4.79 Å². The number of carboxylic acids is 1. The molecule has 0 fully saturated rings. The van der Waals surface area contributed by atoms with E-state index < -0.39 is 12.0 Å². The van der Waals surface area contributed by atoms with E-state index in [4.69, 9.17) is 0 Å². The molecule has 2 rings (SSSR count). The molecular formula is C18H20BrNO3. The highest BCUT2D eigenvalue weighted by atomic mass is 79.9. The van der Waals surface area contributed by atoms with E-state index in [1.165, 1.54) is 4.90 Å². The molecule has 1 aromatic rings. The van der Waals surface area contributed by atoms with Gasteiger partial charge in [0.1, 0.15) is 6.04 Å². The minimum atomic E-state index is -0.976. The third kappa shape index (κ3) is 3.72. The molecule has 1 amide bonds. The van der Waals surface area contributed by atoms with Gasteiger partial charge in [0.25, 0.3) is 0 Å². The second kappa shape index (κ2) is 7.59. The highest BCUT2D eigenvalue weighted by molar-refractivity contribution is 9.10. The quantitative estimate of drug-likeness (QED) is 0.771. The molecule has 122 valence electrons. The van der Waals surface area contributed by atoms with Crippen LogP contribution in [-0.2, 0) is 22.6 Å². The van der Waals surface area contributed by atoms with Crippen molar-refractivity contribution >= 4 is 27.8 Å². The zero-order valence-corrected chi connectivity index (χ0v) is 14.5. The summed E-state index contributed by atoms with van der Waals surface area (Å²) in [5, 5.41) is 9.57. The van der Waals surface area contributed by atoms with E-state index in [2.05, 4.69) is 29.1 Å². The number of benzene rings is 1. The number of hydrogen-bond acceptors (Lipinski definition) is 2. The fourth-order valence-electron chi connectivity index (χ4n) is 2.96. The van der Waals surface area contributed by atoms with E-state index in [0.717, 1.165) is 15.6 Å². The first-order valence-electron chi connectivity index (χ1n) is 7.51. The highest BCUT2D eigenvalue weighted by Gasteiger charge is 2.37. The van der Waals surface area contributed by atoms with Gasteiger partial charge in [-0.15, -0.1) is 13.2 Å². The Bertz CT molecular complexity index is 631. The van der Waals surface area contributed by atoms with E-state index in [-0.39, 0.29) is 11.8 Å². The molecule has 0 spiro atoms. The fourth-order valence-corrected chi connectivity index (χ4v) is 3.53. The summed E-state index contributed by atoms with van der Waals surface area (Å²) < 4.78 is 0.891. The Kier molecular flexibility index (Phi) is 5.77. The lowest BCUT2D eigenvalue weighted by Crippen LogP contribution is -2.50. The van der Waals surface area contributed by atoms with Crippen molar-refractivity contribution in [1.29, 1.82) is 0 Å². The normalized spacial score (nSPS) is 16.8. The Morgan fingerprint density at radius 1 is 1.35 bits per heavy atom. The number of fused-ring (bicyclic) bond motifs is 1. The van der Waals surface area contributed by atoms with Crippen molar-refractivity contribution in [2.45, 2.75) is 31.8 Å². The number of rotatable bonds is 6. The molecule has 0 radical (unpaired) electrons. The van der Waals surface area contributed by atoms with E-state index in [1.54, 1.807) is 12.2 Å². The number of nitrogens with zero attached hydrogens (tertiary/aromatic N) is 1. The first kappa shape index (κ1) is 17.5. The van der Waals surface area contributed by atoms with Gasteiger partial charge in [-0.2, -0.15) is 0 Å². The van der Waals surface area contributed by atoms with Crippen LogP contribution in [0.1, 0.15) is 24.0 Å². The summed E-state index contributed by atoms with van der Waals surface area (Å²) in [5.41, 5.74) is 1.95. The van der Waals surface area contributed by atoms with Crippen molar-refractivity contribution in [3.8, 4) is 0 Å². The van der Waals surface area contributed by atoms with Crippen LogP contribution in [0.25, 0.3) is 0 Å². The van der Waals surface area contributed by atoms with Crippen LogP contribution >= 0.6 is 15.9 Å². The van der Waals surface area contributed by atoms with Crippen molar-refractivity contribution in [2.75, 3.05) is 0 Å². The van der Waals surface area contributed by atoms with Crippen LogP contribution < -0.4 is 0 Å². The summed E-state index contributed by atoms with van der Waals surface area (Å²) in [5.74, 6) is -1.43. The van der Waals surface area contributed by atoms with Gasteiger partial charge in [0.05, 0.1) is 0 Å². The van der Waals surface area contributed by atoms with E-state index >= 15 is 0 Å². The number of amides is 1. The Hall–Kier alpha value is -1.88. The zero-order chi connectivity index (χ0) is 17.0.